The van der Waals surface area contributed by atoms with Gasteiger partial charge in [0.05, 0.1) is 23.7 Å². The van der Waals surface area contributed by atoms with Crippen LogP contribution in [0.2, 0.25) is 0 Å². The average molecular weight is 324 g/mol. The van der Waals surface area contributed by atoms with Gasteiger partial charge >= 0.3 is 0 Å². The van der Waals surface area contributed by atoms with E-state index in [-0.39, 0.29) is 11.3 Å². The second-order valence-electron chi connectivity index (χ2n) is 6.49. The highest BCUT2D eigenvalue weighted by Gasteiger charge is 2.47. The maximum absolute atomic E-state index is 12.6. The molecule has 7 nitrogen and oxygen atoms in total. The first-order chi connectivity index (χ1) is 10.3. The van der Waals surface area contributed by atoms with E-state index in [1.54, 1.807) is 0 Å². The highest BCUT2D eigenvalue weighted by molar-refractivity contribution is 7.92. The smallest absolute Gasteiger partial charge is 0.255 e. The Hall–Kier alpha value is -1.67. The van der Waals surface area contributed by atoms with E-state index >= 15 is 0 Å². The number of hydrogen-bond donors (Lipinski definition) is 1. The van der Waals surface area contributed by atoms with Gasteiger partial charge in [-0.25, -0.2) is 8.42 Å². The highest BCUT2D eigenvalue weighted by atomic mass is 32.2. The standard InChI is InChI=1S/C14H20N4O3S/c1-17-8-14(9-17)3-4-18(10-14)13(19)11-5-12(7-15-6-11)16-22(2,20)21/h5-7,16H,3-4,8-10H2,1-2H3. The van der Waals surface area contributed by atoms with Gasteiger partial charge < -0.3 is 9.80 Å². The van der Waals surface area contributed by atoms with Gasteiger partial charge in [-0.3, -0.25) is 14.5 Å². The monoisotopic (exact) mass is 324 g/mol. The molecule has 1 aromatic heterocycles. The van der Waals surface area contributed by atoms with Crippen molar-refractivity contribution in [2.24, 2.45) is 5.41 Å². The molecule has 22 heavy (non-hydrogen) atoms. The SMILES string of the molecule is CN1CC2(CCN(C(=O)c3cncc(NS(C)(=O)=O)c3)C2)C1. The number of carbonyl (C=O) groups is 1. The Morgan fingerprint density at radius 1 is 1.32 bits per heavy atom. The number of pyridine rings is 1. The number of anilines is 1. The van der Waals surface area contributed by atoms with E-state index in [9.17, 15) is 13.2 Å². The zero-order valence-electron chi connectivity index (χ0n) is 12.7. The van der Waals surface area contributed by atoms with Crippen LogP contribution in [-0.2, 0) is 10.0 Å². The third-order valence-electron chi connectivity index (χ3n) is 4.22. The normalized spacial score (nSPS) is 20.9. The minimum absolute atomic E-state index is 0.0870. The summed E-state index contributed by atoms with van der Waals surface area (Å²) in [5.74, 6) is -0.0870. The van der Waals surface area contributed by atoms with Crippen LogP contribution in [0.5, 0.6) is 0 Å². The Kier molecular flexibility index (Phi) is 3.60. The number of carbonyl (C=O) groups excluding carboxylic acids is 1. The van der Waals surface area contributed by atoms with Gasteiger partial charge in [-0.05, 0) is 19.5 Å². The molecule has 2 aliphatic rings. The Labute approximate surface area is 130 Å². The maximum atomic E-state index is 12.6. The fourth-order valence-electron chi connectivity index (χ4n) is 3.47. The first-order valence-corrected chi connectivity index (χ1v) is 9.06. The number of sulfonamides is 1. The van der Waals surface area contributed by atoms with E-state index in [4.69, 9.17) is 0 Å². The Morgan fingerprint density at radius 3 is 2.68 bits per heavy atom. The molecule has 1 spiro atoms. The van der Waals surface area contributed by atoms with E-state index in [0.29, 0.717) is 11.3 Å². The third kappa shape index (κ3) is 3.07. The molecule has 0 aromatic carbocycles. The minimum atomic E-state index is -3.38. The van der Waals surface area contributed by atoms with Gasteiger partial charge in [0, 0.05) is 37.8 Å². The lowest BCUT2D eigenvalue weighted by molar-refractivity contribution is 0.0294. The number of rotatable bonds is 3. The van der Waals surface area contributed by atoms with E-state index < -0.39 is 10.0 Å². The van der Waals surface area contributed by atoms with Gasteiger partial charge in [-0.2, -0.15) is 0 Å². The van der Waals surface area contributed by atoms with Gasteiger partial charge in [0.2, 0.25) is 10.0 Å². The van der Waals surface area contributed by atoms with E-state index in [1.165, 1.54) is 18.5 Å². The molecule has 1 N–H and O–H groups in total. The number of hydrogen-bond acceptors (Lipinski definition) is 5. The zero-order chi connectivity index (χ0) is 16.0. The molecule has 0 atom stereocenters. The van der Waals surface area contributed by atoms with Gasteiger partial charge in [0.15, 0.2) is 0 Å². The third-order valence-corrected chi connectivity index (χ3v) is 4.83. The van der Waals surface area contributed by atoms with Gasteiger partial charge in [-0.15, -0.1) is 0 Å². The van der Waals surface area contributed by atoms with Crippen molar-refractivity contribution in [3.8, 4) is 0 Å². The number of nitrogens with zero attached hydrogens (tertiary/aromatic N) is 3. The fraction of sp³-hybridized carbons (Fsp3) is 0.571. The van der Waals surface area contributed by atoms with Crippen LogP contribution in [0, 0.1) is 5.41 Å². The predicted molar refractivity (Wildman–Crippen MR) is 83.2 cm³/mol. The largest absolute Gasteiger partial charge is 0.338 e. The maximum Gasteiger partial charge on any atom is 0.255 e. The molecular weight excluding hydrogens is 304 g/mol. The quantitative estimate of drug-likeness (QED) is 0.861. The van der Waals surface area contributed by atoms with Crippen LogP contribution in [0.25, 0.3) is 0 Å². The zero-order valence-corrected chi connectivity index (χ0v) is 13.6. The number of nitrogens with one attached hydrogen (secondary N) is 1. The Morgan fingerprint density at radius 2 is 2.05 bits per heavy atom. The average Bonchev–Trinajstić information content (AvgIpc) is 2.81. The first kappa shape index (κ1) is 15.2. The molecule has 2 aliphatic heterocycles. The van der Waals surface area contributed by atoms with Crippen molar-refractivity contribution in [3.63, 3.8) is 0 Å². The summed E-state index contributed by atoms with van der Waals surface area (Å²) in [6.45, 7) is 3.58. The minimum Gasteiger partial charge on any atom is -0.338 e. The highest BCUT2D eigenvalue weighted by Crippen LogP contribution is 2.38. The molecule has 120 valence electrons. The van der Waals surface area contributed by atoms with Gasteiger partial charge in [0.25, 0.3) is 5.91 Å². The Balaban J connectivity index is 1.72. The van der Waals surface area contributed by atoms with Crippen LogP contribution in [-0.4, -0.2) is 68.6 Å². The topological polar surface area (TPSA) is 82.6 Å². The summed E-state index contributed by atoms with van der Waals surface area (Å²) >= 11 is 0. The number of aromatic nitrogens is 1. The molecule has 2 fully saturated rings. The lowest BCUT2D eigenvalue weighted by atomic mass is 9.79. The molecule has 0 unspecified atom stereocenters. The van der Waals surface area contributed by atoms with E-state index in [0.717, 1.165) is 38.9 Å². The number of likely N-dealkylation sites (tertiary alicyclic amines) is 2. The summed E-state index contributed by atoms with van der Waals surface area (Å²) in [6, 6.07) is 1.54. The second kappa shape index (κ2) is 5.20. The Bertz CT molecular complexity index is 698. The molecule has 0 aliphatic carbocycles. The van der Waals surface area contributed by atoms with Crippen molar-refractivity contribution in [2.45, 2.75) is 6.42 Å². The number of amides is 1. The summed E-state index contributed by atoms with van der Waals surface area (Å²) in [5.41, 5.74) is 0.976. The summed E-state index contributed by atoms with van der Waals surface area (Å²) in [7, 11) is -1.30. The van der Waals surface area contributed by atoms with Gasteiger partial charge in [0.1, 0.15) is 0 Å². The molecule has 0 bridgehead atoms. The lowest BCUT2D eigenvalue weighted by Crippen LogP contribution is -2.55. The molecule has 1 amide bonds. The molecule has 3 heterocycles. The summed E-state index contributed by atoms with van der Waals surface area (Å²) in [5, 5.41) is 0. The first-order valence-electron chi connectivity index (χ1n) is 7.17. The van der Waals surface area contributed by atoms with Crippen LogP contribution in [0.1, 0.15) is 16.8 Å². The molecule has 0 radical (unpaired) electrons. The van der Waals surface area contributed by atoms with Crippen LogP contribution < -0.4 is 4.72 Å². The van der Waals surface area contributed by atoms with Crippen LogP contribution >= 0.6 is 0 Å². The van der Waals surface area contributed by atoms with E-state index in [1.807, 2.05) is 4.90 Å². The van der Waals surface area contributed by atoms with Crippen molar-refractivity contribution >= 4 is 21.6 Å². The second-order valence-corrected chi connectivity index (χ2v) is 8.23. The summed E-state index contributed by atoms with van der Waals surface area (Å²) in [6.07, 6.45) is 4.97. The van der Waals surface area contributed by atoms with Crippen LogP contribution in [0.15, 0.2) is 18.5 Å². The summed E-state index contributed by atoms with van der Waals surface area (Å²) in [4.78, 5) is 20.6. The molecule has 8 heteroatoms. The van der Waals surface area contributed by atoms with Gasteiger partial charge in [-0.1, -0.05) is 0 Å². The van der Waals surface area contributed by atoms with Crippen molar-refractivity contribution in [1.29, 1.82) is 0 Å². The molecule has 3 rings (SSSR count). The van der Waals surface area contributed by atoms with Crippen molar-refractivity contribution in [3.05, 3.63) is 24.0 Å². The van der Waals surface area contributed by atoms with Crippen LogP contribution in [0.3, 0.4) is 0 Å². The molecular formula is C14H20N4O3S. The fourth-order valence-corrected chi connectivity index (χ4v) is 4.01. The lowest BCUT2D eigenvalue weighted by Gasteiger charge is -2.46. The van der Waals surface area contributed by atoms with Crippen LogP contribution in [0.4, 0.5) is 5.69 Å². The predicted octanol–water partition coefficient (Wildman–Crippen LogP) is 0.231. The van der Waals surface area contributed by atoms with Crippen molar-refractivity contribution in [2.75, 3.05) is 44.2 Å². The van der Waals surface area contributed by atoms with Crippen molar-refractivity contribution < 1.29 is 13.2 Å². The van der Waals surface area contributed by atoms with E-state index in [2.05, 4.69) is 21.7 Å². The molecule has 1 aromatic rings. The molecule has 0 saturated carbocycles. The summed E-state index contributed by atoms with van der Waals surface area (Å²) < 4.78 is 24.9. The molecule has 2 saturated heterocycles. The van der Waals surface area contributed by atoms with Crippen molar-refractivity contribution in [1.82, 2.24) is 14.8 Å².